The van der Waals surface area contributed by atoms with E-state index >= 15 is 0 Å². The summed E-state index contributed by atoms with van der Waals surface area (Å²) >= 11 is 2.91. The first-order chi connectivity index (χ1) is 13.9. The van der Waals surface area contributed by atoms with E-state index in [4.69, 9.17) is 9.47 Å². The Hall–Kier alpha value is -2.64. The number of hydrogen-bond acceptors (Lipinski definition) is 6. The van der Waals surface area contributed by atoms with Gasteiger partial charge in [-0.15, -0.1) is 22.7 Å². The molecule has 2 heterocycles. The molecule has 0 spiro atoms. The molecule has 1 amide bonds. The summed E-state index contributed by atoms with van der Waals surface area (Å²) < 4.78 is 10.9. The third-order valence-corrected chi connectivity index (χ3v) is 6.41. The van der Waals surface area contributed by atoms with Gasteiger partial charge in [0.2, 0.25) is 0 Å². The second kappa shape index (κ2) is 9.24. The summed E-state index contributed by atoms with van der Waals surface area (Å²) in [5.74, 6) is -0.0890. The van der Waals surface area contributed by atoms with Crippen LogP contribution in [0, 0.1) is 20.8 Å². The van der Waals surface area contributed by atoms with Crippen LogP contribution in [-0.4, -0.2) is 25.1 Å². The Morgan fingerprint density at radius 3 is 2.59 bits per heavy atom. The van der Waals surface area contributed by atoms with Crippen molar-refractivity contribution in [3.63, 3.8) is 0 Å². The molecule has 29 heavy (non-hydrogen) atoms. The van der Waals surface area contributed by atoms with E-state index in [0.29, 0.717) is 16.3 Å². The first-order valence-corrected chi connectivity index (χ1v) is 10.9. The van der Waals surface area contributed by atoms with Gasteiger partial charge in [-0.2, -0.15) is 0 Å². The smallest absolute Gasteiger partial charge is 0.341 e. The number of carbonyl (C=O) groups is 2. The van der Waals surface area contributed by atoms with Crippen LogP contribution >= 0.6 is 22.7 Å². The van der Waals surface area contributed by atoms with E-state index in [1.807, 2.05) is 56.5 Å². The molecular weight excluding hydrogens is 406 g/mol. The van der Waals surface area contributed by atoms with E-state index in [1.54, 1.807) is 18.3 Å². The van der Waals surface area contributed by atoms with Crippen LogP contribution in [0.5, 0.6) is 5.75 Å². The molecule has 0 aliphatic rings. The van der Waals surface area contributed by atoms with Crippen molar-refractivity contribution in [2.75, 3.05) is 18.5 Å². The molecule has 0 saturated heterocycles. The standard InChI is InChI=1S/C22H23NO4S2/c1-5-26-22(25)20-19(17-10-7-11-28-17)15(4)29-21(20)23-18(24)12-27-16-9-6-8-13(2)14(16)3/h6-11H,5,12H2,1-4H3,(H,23,24). The number of rotatable bonds is 7. The maximum absolute atomic E-state index is 12.6. The molecule has 0 aliphatic carbocycles. The first kappa shape index (κ1) is 21.1. The Morgan fingerprint density at radius 2 is 1.90 bits per heavy atom. The molecule has 5 nitrogen and oxygen atoms in total. The summed E-state index contributed by atoms with van der Waals surface area (Å²) in [7, 11) is 0. The molecule has 0 radical (unpaired) electrons. The van der Waals surface area contributed by atoms with Gasteiger partial charge >= 0.3 is 5.97 Å². The number of esters is 1. The van der Waals surface area contributed by atoms with Crippen LogP contribution < -0.4 is 10.1 Å². The van der Waals surface area contributed by atoms with Gasteiger partial charge in [-0.05, 0) is 56.3 Å². The Kier molecular flexibility index (Phi) is 6.71. The highest BCUT2D eigenvalue weighted by molar-refractivity contribution is 7.18. The Labute approximate surface area is 178 Å². The second-order valence-corrected chi connectivity index (χ2v) is 8.64. The zero-order chi connectivity index (χ0) is 21.0. The van der Waals surface area contributed by atoms with Gasteiger partial charge in [0.1, 0.15) is 16.3 Å². The lowest BCUT2D eigenvalue weighted by atomic mass is 10.1. The minimum atomic E-state index is -0.439. The van der Waals surface area contributed by atoms with Crippen LogP contribution in [0.3, 0.4) is 0 Å². The molecule has 0 unspecified atom stereocenters. The Balaban J connectivity index is 1.82. The van der Waals surface area contributed by atoms with Crippen LogP contribution in [0.4, 0.5) is 5.00 Å². The number of ether oxygens (including phenoxy) is 2. The molecule has 3 rings (SSSR count). The van der Waals surface area contributed by atoms with Crippen molar-refractivity contribution in [2.24, 2.45) is 0 Å². The largest absolute Gasteiger partial charge is 0.483 e. The molecule has 0 aliphatic heterocycles. The molecule has 152 valence electrons. The molecule has 0 saturated carbocycles. The van der Waals surface area contributed by atoms with Gasteiger partial charge in [-0.1, -0.05) is 18.2 Å². The quantitative estimate of drug-likeness (QED) is 0.497. The maximum atomic E-state index is 12.6. The molecule has 0 bridgehead atoms. The van der Waals surface area contributed by atoms with Crippen LogP contribution in [0.1, 0.15) is 33.3 Å². The average molecular weight is 430 g/mol. The summed E-state index contributed by atoms with van der Waals surface area (Å²) in [5.41, 5.74) is 3.31. The second-order valence-electron chi connectivity index (χ2n) is 6.47. The minimum absolute atomic E-state index is 0.141. The lowest BCUT2D eigenvalue weighted by molar-refractivity contribution is -0.118. The zero-order valence-corrected chi connectivity index (χ0v) is 18.5. The van der Waals surface area contributed by atoms with Gasteiger partial charge in [0.25, 0.3) is 5.91 Å². The highest BCUT2D eigenvalue weighted by atomic mass is 32.1. The summed E-state index contributed by atoms with van der Waals surface area (Å²) in [6, 6.07) is 9.61. The van der Waals surface area contributed by atoms with E-state index in [1.165, 1.54) is 11.3 Å². The summed E-state index contributed by atoms with van der Waals surface area (Å²) in [6.45, 7) is 7.77. The molecule has 1 aromatic carbocycles. The Bertz CT molecular complexity index is 1020. The average Bonchev–Trinajstić information content (AvgIpc) is 3.30. The molecule has 1 N–H and O–H groups in total. The van der Waals surface area contributed by atoms with E-state index < -0.39 is 5.97 Å². The number of amides is 1. The lowest BCUT2D eigenvalue weighted by Gasteiger charge is -2.11. The number of thiophene rings is 2. The van der Waals surface area contributed by atoms with Crippen LogP contribution in [-0.2, 0) is 9.53 Å². The molecule has 7 heteroatoms. The number of nitrogens with one attached hydrogen (secondary N) is 1. The fourth-order valence-electron chi connectivity index (χ4n) is 2.93. The SMILES string of the molecule is CCOC(=O)c1c(NC(=O)COc2cccc(C)c2C)sc(C)c1-c1cccs1. The van der Waals surface area contributed by atoms with Crippen molar-refractivity contribution < 1.29 is 19.1 Å². The fraction of sp³-hybridized carbons (Fsp3) is 0.273. The number of carbonyl (C=O) groups excluding carboxylic acids is 2. The predicted octanol–water partition coefficient (Wildman–Crippen LogP) is 5.60. The van der Waals surface area contributed by atoms with Crippen LogP contribution in [0.25, 0.3) is 10.4 Å². The van der Waals surface area contributed by atoms with E-state index in [2.05, 4.69) is 5.32 Å². The van der Waals surface area contributed by atoms with Gasteiger partial charge in [0.15, 0.2) is 6.61 Å². The van der Waals surface area contributed by atoms with Gasteiger partial charge in [-0.3, -0.25) is 4.79 Å². The highest BCUT2D eigenvalue weighted by Crippen LogP contribution is 2.42. The van der Waals surface area contributed by atoms with Gasteiger partial charge < -0.3 is 14.8 Å². The van der Waals surface area contributed by atoms with Gasteiger partial charge in [0, 0.05) is 15.3 Å². The monoisotopic (exact) mass is 429 g/mol. The van der Waals surface area contributed by atoms with Gasteiger partial charge in [0.05, 0.1) is 6.61 Å². The summed E-state index contributed by atoms with van der Waals surface area (Å²) in [4.78, 5) is 27.1. The zero-order valence-electron chi connectivity index (χ0n) is 16.8. The van der Waals surface area contributed by atoms with Crippen molar-refractivity contribution in [1.29, 1.82) is 0 Å². The van der Waals surface area contributed by atoms with Gasteiger partial charge in [-0.25, -0.2) is 4.79 Å². The van der Waals surface area contributed by atoms with Crippen molar-refractivity contribution in [1.82, 2.24) is 0 Å². The molecule has 2 aromatic heterocycles. The molecule has 0 fully saturated rings. The maximum Gasteiger partial charge on any atom is 0.341 e. The number of hydrogen-bond donors (Lipinski definition) is 1. The normalized spacial score (nSPS) is 10.6. The van der Waals surface area contributed by atoms with Crippen molar-refractivity contribution in [3.05, 3.63) is 57.3 Å². The molecule has 3 aromatic rings. The number of anilines is 1. The van der Waals surface area contributed by atoms with Crippen LogP contribution in [0.15, 0.2) is 35.7 Å². The van der Waals surface area contributed by atoms with E-state index in [-0.39, 0.29) is 19.1 Å². The van der Waals surface area contributed by atoms with E-state index in [9.17, 15) is 9.59 Å². The predicted molar refractivity (Wildman–Crippen MR) is 118 cm³/mol. The van der Waals surface area contributed by atoms with E-state index in [0.717, 1.165) is 26.4 Å². The van der Waals surface area contributed by atoms with Crippen LogP contribution in [0.2, 0.25) is 0 Å². The third kappa shape index (κ3) is 4.68. The van der Waals surface area contributed by atoms with Crippen molar-refractivity contribution in [2.45, 2.75) is 27.7 Å². The fourth-order valence-corrected chi connectivity index (χ4v) is 4.91. The first-order valence-electron chi connectivity index (χ1n) is 9.25. The number of aryl methyl sites for hydroxylation is 2. The molecular formula is C22H23NO4S2. The third-order valence-electron chi connectivity index (χ3n) is 4.50. The summed E-state index contributed by atoms with van der Waals surface area (Å²) in [5, 5.41) is 5.28. The van der Waals surface area contributed by atoms with Crippen molar-refractivity contribution in [3.8, 4) is 16.2 Å². The lowest BCUT2D eigenvalue weighted by Crippen LogP contribution is -2.21. The number of benzene rings is 1. The molecule has 0 atom stereocenters. The summed E-state index contributed by atoms with van der Waals surface area (Å²) in [6.07, 6.45) is 0. The topological polar surface area (TPSA) is 64.6 Å². The Morgan fingerprint density at radius 1 is 1.10 bits per heavy atom. The highest BCUT2D eigenvalue weighted by Gasteiger charge is 2.26. The van der Waals surface area contributed by atoms with Crippen molar-refractivity contribution >= 4 is 39.6 Å². The minimum Gasteiger partial charge on any atom is -0.483 e.